The van der Waals surface area contributed by atoms with E-state index in [9.17, 15) is 13.2 Å². The van der Waals surface area contributed by atoms with Gasteiger partial charge in [-0.15, -0.1) is 0 Å². The van der Waals surface area contributed by atoms with Crippen LogP contribution in [-0.2, 0) is 21.2 Å². The molecule has 0 bridgehead atoms. The minimum atomic E-state index is -3.97. The molecular formula is C19H22N4O3S2. The Bertz CT molecular complexity index is 1050. The van der Waals surface area contributed by atoms with Crippen molar-refractivity contribution in [1.29, 1.82) is 0 Å². The van der Waals surface area contributed by atoms with Gasteiger partial charge in [0.1, 0.15) is 22.0 Å². The van der Waals surface area contributed by atoms with Crippen LogP contribution in [0.3, 0.4) is 0 Å². The first-order chi connectivity index (χ1) is 13.4. The Hall–Kier alpha value is -2.36. The van der Waals surface area contributed by atoms with Crippen LogP contribution in [0.1, 0.15) is 25.8 Å². The summed E-state index contributed by atoms with van der Waals surface area (Å²) in [7, 11) is -3.97. The van der Waals surface area contributed by atoms with E-state index >= 15 is 0 Å². The molecule has 0 aliphatic rings. The SMILES string of the molecule is CC[C@@H](C)NC(=O)[C@H](Cc1ccccc1)NS(=O)(=O)c1cccc2nsnc12. The zero-order valence-electron chi connectivity index (χ0n) is 15.6. The van der Waals surface area contributed by atoms with Crippen LogP contribution in [0.2, 0.25) is 0 Å². The average Bonchev–Trinajstić information content (AvgIpc) is 3.16. The van der Waals surface area contributed by atoms with E-state index < -0.39 is 16.1 Å². The summed E-state index contributed by atoms with van der Waals surface area (Å²) < 4.78 is 36.8. The number of carbonyl (C=O) groups excluding carboxylic acids is 1. The molecule has 1 heterocycles. The standard InChI is InChI=1S/C19H22N4O3S2/c1-3-13(2)20-19(24)16(12-14-8-5-4-6-9-14)23-28(25,26)17-11-7-10-15-18(17)22-27-21-15/h4-11,13,16,23H,3,12H2,1-2H3,(H,20,24)/t13-,16+/m1/s1. The molecule has 0 unspecified atom stereocenters. The Labute approximate surface area is 168 Å². The average molecular weight is 419 g/mol. The van der Waals surface area contributed by atoms with Crippen LogP contribution in [0.5, 0.6) is 0 Å². The Kier molecular flexibility index (Phi) is 6.38. The molecule has 3 rings (SSSR count). The number of hydrogen-bond acceptors (Lipinski definition) is 6. The second-order valence-corrected chi connectivity index (χ2v) is 8.78. The first-order valence-corrected chi connectivity index (χ1v) is 11.2. The number of aromatic nitrogens is 2. The second kappa shape index (κ2) is 8.76. The molecule has 2 aromatic carbocycles. The lowest BCUT2D eigenvalue weighted by atomic mass is 10.1. The number of nitrogens with one attached hydrogen (secondary N) is 2. The molecule has 1 amide bonds. The number of sulfonamides is 1. The number of rotatable bonds is 8. The lowest BCUT2D eigenvalue weighted by molar-refractivity contribution is -0.123. The molecule has 9 heteroatoms. The van der Waals surface area contributed by atoms with Crippen LogP contribution in [-0.4, -0.2) is 35.2 Å². The molecule has 1 aromatic heterocycles. The molecule has 0 saturated heterocycles. The zero-order valence-corrected chi connectivity index (χ0v) is 17.3. The number of nitrogens with zero attached hydrogens (tertiary/aromatic N) is 2. The van der Waals surface area contributed by atoms with Gasteiger partial charge in [0.25, 0.3) is 0 Å². The Morgan fingerprint density at radius 2 is 1.86 bits per heavy atom. The van der Waals surface area contributed by atoms with Gasteiger partial charge < -0.3 is 5.32 Å². The van der Waals surface area contributed by atoms with Gasteiger partial charge in [-0.05, 0) is 37.5 Å². The van der Waals surface area contributed by atoms with Crippen molar-refractivity contribution in [2.75, 3.05) is 0 Å². The fraction of sp³-hybridized carbons (Fsp3) is 0.316. The predicted octanol–water partition coefficient (Wildman–Crippen LogP) is 2.50. The van der Waals surface area contributed by atoms with E-state index in [1.54, 1.807) is 12.1 Å². The molecule has 0 fully saturated rings. The molecule has 0 aliphatic heterocycles. The molecule has 0 saturated carbocycles. The van der Waals surface area contributed by atoms with Crippen molar-refractivity contribution in [3.8, 4) is 0 Å². The molecule has 2 N–H and O–H groups in total. The van der Waals surface area contributed by atoms with Crippen molar-refractivity contribution in [3.05, 3.63) is 54.1 Å². The van der Waals surface area contributed by atoms with Crippen LogP contribution in [0.4, 0.5) is 0 Å². The van der Waals surface area contributed by atoms with E-state index in [1.807, 2.05) is 44.2 Å². The lowest BCUT2D eigenvalue weighted by Crippen LogP contribution is -2.50. The van der Waals surface area contributed by atoms with E-state index in [1.165, 1.54) is 6.07 Å². The highest BCUT2D eigenvalue weighted by atomic mass is 32.2. The topological polar surface area (TPSA) is 101 Å². The van der Waals surface area contributed by atoms with Crippen molar-refractivity contribution in [2.24, 2.45) is 0 Å². The summed E-state index contributed by atoms with van der Waals surface area (Å²) in [5.41, 5.74) is 1.68. The molecule has 0 radical (unpaired) electrons. The third-order valence-electron chi connectivity index (χ3n) is 4.44. The summed E-state index contributed by atoms with van der Waals surface area (Å²) in [4.78, 5) is 12.8. The Morgan fingerprint density at radius 3 is 2.57 bits per heavy atom. The normalized spacial score (nSPS) is 13.9. The summed E-state index contributed by atoms with van der Waals surface area (Å²) >= 11 is 0.951. The highest BCUT2D eigenvalue weighted by Gasteiger charge is 2.28. The van der Waals surface area contributed by atoms with Crippen molar-refractivity contribution >= 4 is 38.7 Å². The van der Waals surface area contributed by atoms with Gasteiger partial charge in [-0.3, -0.25) is 4.79 Å². The smallest absolute Gasteiger partial charge is 0.243 e. The predicted molar refractivity (Wildman–Crippen MR) is 110 cm³/mol. The molecule has 0 aliphatic carbocycles. The molecule has 7 nitrogen and oxygen atoms in total. The third-order valence-corrected chi connectivity index (χ3v) is 6.48. The first-order valence-electron chi connectivity index (χ1n) is 8.98. The number of carbonyl (C=O) groups is 1. The van der Waals surface area contributed by atoms with E-state index in [0.717, 1.165) is 23.7 Å². The zero-order chi connectivity index (χ0) is 20.1. The molecular weight excluding hydrogens is 396 g/mol. The molecule has 0 spiro atoms. The number of amides is 1. The van der Waals surface area contributed by atoms with Crippen molar-refractivity contribution < 1.29 is 13.2 Å². The fourth-order valence-electron chi connectivity index (χ4n) is 2.73. The monoisotopic (exact) mass is 418 g/mol. The second-order valence-electron chi connectivity index (χ2n) is 6.57. The van der Waals surface area contributed by atoms with Crippen molar-refractivity contribution in [1.82, 2.24) is 18.8 Å². The minimum absolute atomic E-state index is 0.0214. The Morgan fingerprint density at radius 1 is 1.11 bits per heavy atom. The third kappa shape index (κ3) is 4.73. The summed E-state index contributed by atoms with van der Waals surface area (Å²) in [5.74, 6) is -0.356. The number of benzene rings is 2. The fourth-order valence-corrected chi connectivity index (χ4v) is 4.69. The molecule has 2 atom stereocenters. The van der Waals surface area contributed by atoms with Gasteiger partial charge in [0.05, 0.1) is 11.7 Å². The maximum Gasteiger partial charge on any atom is 0.243 e. The molecule has 3 aromatic rings. The molecule has 148 valence electrons. The van der Waals surface area contributed by atoms with Gasteiger partial charge in [0.2, 0.25) is 15.9 Å². The highest BCUT2D eigenvalue weighted by Crippen LogP contribution is 2.21. The Balaban J connectivity index is 1.91. The van der Waals surface area contributed by atoms with Gasteiger partial charge >= 0.3 is 0 Å². The van der Waals surface area contributed by atoms with E-state index in [2.05, 4.69) is 18.8 Å². The summed E-state index contributed by atoms with van der Waals surface area (Å²) in [6.07, 6.45) is 0.994. The van der Waals surface area contributed by atoms with Gasteiger partial charge in [0.15, 0.2) is 0 Å². The quantitative estimate of drug-likeness (QED) is 0.585. The molecule has 28 heavy (non-hydrogen) atoms. The highest BCUT2D eigenvalue weighted by molar-refractivity contribution is 7.89. The number of hydrogen-bond donors (Lipinski definition) is 2. The number of fused-ring (bicyclic) bond motifs is 1. The van der Waals surface area contributed by atoms with Gasteiger partial charge in [-0.2, -0.15) is 13.5 Å². The summed E-state index contributed by atoms with van der Waals surface area (Å²) in [5, 5.41) is 2.86. The first kappa shape index (κ1) is 20.4. The largest absolute Gasteiger partial charge is 0.352 e. The maximum absolute atomic E-state index is 13.1. The maximum atomic E-state index is 13.1. The minimum Gasteiger partial charge on any atom is -0.352 e. The van der Waals surface area contributed by atoms with Crippen LogP contribution >= 0.6 is 11.7 Å². The van der Waals surface area contributed by atoms with Crippen LogP contribution in [0, 0.1) is 0 Å². The summed E-state index contributed by atoms with van der Waals surface area (Å²) in [6, 6.07) is 13.1. The van der Waals surface area contributed by atoms with Crippen LogP contribution in [0.25, 0.3) is 11.0 Å². The summed E-state index contributed by atoms with van der Waals surface area (Å²) in [6.45, 7) is 3.84. The lowest BCUT2D eigenvalue weighted by Gasteiger charge is -2.21. The van der Waals surface area contributed by atoms with Crippen LogP contribution < -0.4 is 10.0 Å². The van der Waals surface area contributed by atoms with Crippen molar-refractivity contribution in [2.45, 2.75) is 43.7 Å². The van der Waals surface area contributed by atoms with Crippen molar-refractivity contribution in [3.63, 3.8) is 0 Å². The van der Waals surface area contributed by atoms with E-state index in [0.29, 0.717) is 11.0 Å². The van der Waals surface area contributed by atoms with Gasteiger partial charge in [-0.1, -0.05) is 43.3 Å². The van der Waals surface area contributed by atoms with E-state index in [-0.39, 0.29) is 23.3 Å². The van der Waals surface area contributed by atoms with E-state index in [4.69, 9.17) is 0 Å². The van der Waals surface area contributed by atoms with Gasteiger partial charge in [-0.25, -0.2) is 8.42 Å². The van der Waals surface area contributed by atoms with Gasteiger partial charge in [0, 0.05) is 6.04 Å². The van der Waals surface area contributed by atoms with Crippen LogP contribution in [0.15, 0.2) is 53.4 Å².